The zero-order chi connectivity index (χ0) is 11.5. The van der Waals surface area contributed by atoms with E-state index in [-0.39, 0.29) is 0 Å². The number of H-pyrrole nitrogens is 1. The lowest BCUT2D eigenvalue weighted by Crippen LogP contribution is -2.03. The molecule has 0 unspecified atom stereocenters. The van der Waals surface area contributed by atoms with Crippen LogP contribution in [-0.2, 0) is 4.74 Å². The molecule has 0 aromatic carbocycles. The molecule has 0 aliphatic heterocycles. The Morgan fingerprint density at radius 3 is 2.94 bits per heavy atom. The maximum Gasteiger partial charge on any atom is 0.358 e. The Morgan fingerprint density at radius 1 is 1.50 bits per heavy atom. The van der Waals surface area contributed by atoms with Crippen LogP contribution in [0.3, 0.4) is 0 Å². The molecule has 0 radical (unpaired) electrons. The zero-order valence-corrected chi connectivity index (χ0v) is 9.02. The third kappa shape index (κ3) is 1.79. The van der Waals surface area contributed by atoms with E-state index < -0.39 is 5.97 Å². The van der Waals surface area contributed by atoms with Gasteiger partial charge in [0, 0.05) is 23.7 Å². The number of carbonyl (C=O) groups excluding carboxylic acids is 1. The third-order valence-electron chi connectivity index (χ3n) is 2.20. The van der Waals surface area contributed by atoms with Crippen molar-refractivity contribution in [2.45, 2.75) is 6.92 Å². The Balaban J connectivity index is 2.42. The molecule has 1 N–H and O–H groups in total. The molecule has 0 spiro atoms. The number of pyridine rings is 1. The van der Waals surface area contributed by atoms with Crippen LogP contribution in [0.5, 0.6) is 0 Å². The van der Waals surface area contributed by atoms with Crippen LogP contribution in [0.25, 0.3) is 11.4 Å². The number of carbonyl (C=O) groups is 1. The van der Waals surface area contributed by atoms with Gasteiger partial charge in [-0.05, 0) is 19.1 Å². The fourth-order valence-corrected chi connectivity index (χ4v) is 1.40. The summed E-state index contributed by atoms with van der Waals surface area (Å²) in [5.41, 5.74) is 1.83. The molecule has 2 aromatic heterocycles. The van der Waals surface area contributed by atoms with E-state index in [1.165, 1.54) is 7.11 Å². The van der Waals surface area contributed by atoms with Crippen molar-refractivity contribution >= 4 is 5.97 Å². The number of hydrogen-bond donors (Lipinski definition) is 1. The predicted octanol–water partition coefficient (Wildman–Crippen LogP) is 1.57. The third-order valence-corrected chi connectivity index (χ3v) is 2.20. The topological polar surface area (TPSA) is 67.9 Å². The summed E-state index contributed by atoms with van der Waals surface area (Å²) in [7, 11) is 1.33. The van der Waals surface area contributed by atoms with Crippen molar-refractivity contribution in [1.82, 2.24) is 15.0 Å². The van der Waals surface area contributed by atoms with Crippen molar-refractivity contribution in [1.29, 1.82) is 0 Å². The first-order valence-corrected chi connectivity index (χ1v) is 4.77. The second-order valence-corrected chi connectivity index (χ2v) is 3.29. The van der Waals surface area contributed by atoms with Gasteiger partial charge in [-0.25, -0.2) is 9.78 Å². The van der Waals surface area contributed by atoms with Crippen molar-refractivity contribution < 1.29 is 9.53 Å². The van der Waals surface area contributed by atoms with Gasteiger partial charge in [0.2, 0.25) is 0 Å². The van der Waals surface area contributed by atoms with Crippen LogP contribution in [0.4, 0.5) is 0 Å². The van der Waals surface area contributed by atoms with E-state index in [1.807, 2.05) is 12.1 Å². The molecule has 0 saturated carbocycles. The van der Waals surface area contributed by atoms with Crippen LogP contribution in [0.15, 0.2) is 24.5 Å². The molecule has 0 bridgehead atoms. The van der Waals surface area contributed by atoms with Crippen LogP contribution in [-0.4, -0.2) is 28.0 Å². The van der Waals surface area contributed by atoms with Crippen molar-refractivity contribution in [3.05, 3.63) is 35.9 Å². The van der Waals surface area contributed by atoms with E-state index in [0.717, 1.165) is 5.56 Å². The Kier molecular flexibility index (Phi) is 2.68. The zero-order valence-electron chi connectivity index (χ0n) is 9.02. The molecule has 5 heteroatoms. The molecule has 5 nitrogen and oxygen atoms in total. The predicted molar refractivity (Wildman–Crippen MR) is 57.9 cm³/mol. The quantitative estimate of drug-likeness (QED) is 0.775. The summed E-state index contributed by atoms with van der Waals surface area (Å²) in [6.45, 7) is 1.78. The second kappa shape index (κ2) is 4.14. The Labute approximate surface area is 92.5 Å². The molecule has 82 valence electrons. The largest absolute Gasteiger partial charge is 0.464 e. The van der Waals surface area contributed by atoms with Gasteiger partial charge in [-0.2, -0.15) is 0 Å². The highest BCUT2D eigenvalue weighted by atomic mass is 16.5. The molecule has 2 rings (SSSR count). The van der Waals surface area contributed by atoms with Crippen LogP contribution < -0.4 is 0 Å². The SMILES string of the molecule is COC(=O)c1nc(-c2cccnc2)[nH]c1C. The highest BCUT2D eigenvalue weighted by Crippen LogP contribution is 2.16. The van der Waals surface area contributed by atoms with Gasteiger partial charge in [-0.15, -0.1) is 0 Å². The molecular formula is C11H11N3O2. The maximum atomic E-state index is 11.4. The standard InChI is InChI=1S/C11H11N3O2/c1-7-9(11(15)16-2)14-10(13-7)8-4-3-5-12-6-8/h3-6H,1-2H3,(H,13,14). The number of rotatable bonds is 2. The Hall–Kier alpha value is -2.17. The van der Waals surface area contributed by atoms with Gasteiger partial charge < -0.3 is 9.72 Å². The number of aromatic amines is 1. The maximum absolute atomic E-state index is 11.4. The lowest BCUT2D eigenvalue weighted by molar-refractivity contribution is 0.0594. The van der Waals surface area contributed by atoms with Gasteiger partial charge in [0.05, 0.1) is 7.11 Å². The number of nitrogens with one attached hydrogen (secondary N) is 1. The van der Waals surface area contributed by atoms with Gasteiger partial charge in [0.15, 0.2) is 5.69 Å². The minimum atomic E-state index is -0.441. The van der Waals surface area contributed by atoms with Gasteiger partial charge in [-0.3, -0.25) is 4.98 Å². The summed E-state index contributed by atoms with van der Waals surface area (Å²) in [4.78, 5) is 22.6. The number of hydrogen-bond acceptors (Lipinski definition) is 4. The first-order valence-electron chi connectivity index (χ1n) is 4.77. The molecule has 16 heavy (non-hydrogen) atoms. The lowest BCUT2D eigenvalue weighted by Gasteiger charge is -1.94. The average molecular weight is 217 g/mol. The summed E-state index contributed by atoms with van der Waals surface area (Å²) >= 11 is 0. The Bertz CT molecular complexity index is 505. The first-order chi connectivity index (χ1) is 7.72. The molecule has 2 heterocycles. The van der Waals surface area contributed by atoms with Crippen molar-refractivity contribution in [3.63, 3.8) is 0 Å². The van der Waals surface area contributed by atoms with Crippen LogP contribution in [0, 0.1) is 6.92 Å². The number of methoxy groups -OCH3 is 1. The number of esters is 1. The number of ether oxygens (including phenoxy) is 1. The van der Waals surface area contributed by atoms with E-state index in [4.69, 9.17) is 0 Å². The number of nitrogens with zero attached hydrogens (tertiary/aromatic N) is 2. The fraction of sp³-hybridized carbons (Fsp3) is 0.182. The Morgan fingerprint density at radius 2 is 2.31 bits per heavy atom. The fourth-order valence-electron chi connectivity index (χ4n) is 1.40. The molecule has 0 atom stereocenters. The molecular weight excluding hydrogens is 206 g/mol. The van der Waals surface area contributed by atoms with Crippen LogP contribution in [0.2, 0.25) is 0 Å². The van der Waals surface area contributed by atoms with Crippen molar-refractivity contribution in [2.24, 2.45) is 0 Å². The summed E-state index contributed by atoms with van der Waals surface area (Å²) < 4.78 is 4.63. The summed E-state index contributed by atoms with van der Waals surface area (Å²) in [5.74, 6) is 0.176. The van der Waals surface area contributed by atoms with Gasteiger partial charge >= 0.3 is 5.97 Å². The molecule has 0 aliphatic carbocycles. The minimum Gasteiger partial charge on any atom is -0.464 e. The molecule has 0 amide bonds. The number of imidazole rings is 1. The van der Waals surface area contributed by atoms with Crippen molar-refractivity contribution in [3.8, 4) is 11.4 Å². The van der Waals surface area contributed by atoms with Crippen LogP contribution in [0.1, 0.15) is 16.2 Å². The van der Waals surface area contributed by atoms with Crippen LogP contribution >= 0.6 is 0 Å². The van der Waals surface area contributed by atoms with E-state index in [9.17, 15) is 4.79 Å². The number of aromatic nitrogens is 3. The lowest BCUT2D eigenvalue weighted by atomic mass is 10.3. The molecule has 0 fully saturated rings. The molecule has 0 aliphatic rings. The first kappa shape index (κ1) is 10.4. The minimum absolute atomic E-state index is 0.307. The summed E-state index contributed by atoms with van der Waals surface area (Å²) in [6, 6.07) is 3.68. The molecule has 2 aromatic rings. The highest BCUT2D eigenvalue weighted by Gasteiger charge is 2.15. The van der Waals surface area contributed by atoms with E-state index in [0.29, 0.717) is 17.2 Å². The smallest absolute Gasteiger partial charge is 0.358 e. The molecule has 0 saturated heterocycles. The summed E-state index contributed by atoms with van der Waals surface area (Å²) in [6.07, 6.45) is 3.36. The van der Waals surface area contributed by atoms with Gasteiger partial charge in [0.25, 0.3) is 0 Å². The van der Waals surface area contributed by atoms with E-state index in [2.05, 4.69) is 19.7 Å². The monoisotopic (exact) mass is 217 g/mol. The average Bonchev–Trinajstić information content (AvgIpc) is 2.71. The number of aryl methyl sites for hydroxylation is 1. The van der Waals surface area contributed by atoms with E-state index >= 15 is 0 Å². The van der Waals surface area contributed by atoms with Crippen molar-refractivity contribution in [2.75, 3.05) is 7.11 Å². The summed E-state index contributed by atoms with van der Waals surface area (Å²) in [5, 5.41) is 0. The van der Waals surface area contributed by atoms with Gasteiger partial charge in [-0.1, -0.05) is 0 Å². The normalized spacial score (nSPS) is 10.1. The second-order valence-electron chi connectivity index (χ2n) is 3.29. The van der Waals surface area contributed by atoms with Gasteiger partial charge in [0.1, 0.15) is 5.82 Å². The van der Waals surface area contributed by atoms with E-state index in [1.54, 1.807) is 19.3 Å². The highest BCUT2D eigenvalue weighted by molar-refractivity contribution is 5.89.